The zero-order valence-corrected chi connectivity index (χ0v) is 11.2. The first-order chi connectivity index (χ1) is 8.99. The second-order valence-electron chi connectivity index (χ2n) is 3.44. The van der Waals surface area contributed by atoms with Gasteiger partial charge in [-0.1, -0.05) is 11.6 Å². The number of hydrogen-bond donors (Lipinski definition) is 2. The summed E-state index contributed by atoms with van der Waals surface area (Å²) in [6.07, 6.45) is 1.26. The Morgan fingerprint density at radius 3 is 2.79 bits per heavy atom. The van der Waals surface area contributed by atoms with Crippen LogP contribution in [0.2, 0.25) is 5.02 Å². The van der Waals surface area contributed by atoms with Crippen LogP contribution in [0.3, 0.4) is 0 Å². The lowest BCUT2D eigenvalue weighted by Crippen LogP contribution is -2.30. The van der Waals surface area contributed by atoms with Crippen molar-refractivity contribution >= 4 is 29.2 Å². The van der Waals surface area contributed by atoms with E-state index in [0.29, 0.717) is 0 Å². The van der Waals surface area contributed by atoms with E-state index in [1.165, 1.54) is 20.4 Å². The van der Waals surface area contributed by atoms with Crippen LogP contribution in [0.1, 0.15) is 0 Å². The molecule has 0 bridgehead atoms. The molecule has 1 heterocycles. The molecule has 0 unspecified atom stereocenters. The molecule has 104 valence electrons. The van der Waals surface area contributed by atoms with E-state index in [1.807, 2.05) is 0 Å². The zero-order valence-electron chi connectivity index (χ0n) is 10.4. The van der Waals surface area contributed by atoms with E-state index in [2.05, 4.69) is 20.5 Å². The monoisotopic (exact) mass is 288 g/mol. The minimum absolute atomic E-state index is 0.0433. The summed E-state index contributed by atoms with van der Waals surface area (Å²) < 4.78 is 5.30. The molecule has 19 heavy (non-hydrogen) atoms. The highest BCUT2D eigenvalue weighted by Crippen LogP contribution is 2.14. The molecule has 0 aromatic carbocycles. The molecule has 9 heteroatoms. The first-order valence-electron chi connectivity index (χ1n) is 5.26. The van der Waals surface area contributed by atoms with Gasteiger partial charge in [0.2, 0.25) is 5.91 Å². The average molecular weight is 289 g/mol. The number of rotatable bonds is 5. The van der Waals surface area contributed by atoms with Crippen LogP contribution in [0, 0.1) is 0 Å². The lowest BCUT2D eigenvalue weighted by molar-refractivity contribution is -0.141. The molecule has 1 aromatic heterocycles. The highest BCUT2D eigenvalue weighted by atomic mass is 35.5. The predicted octanol–water partition coefficient (Wildman–Crippen LogP) is -0.772. The lowest BCUT2D eigenvalue weighted by atomic mass is 10.4. The molecule has 0 spiro atoms. The van der Waals surface area contributed by atoms with E-state index in [4.69, 9.17) is 11.6 Å². The zero-order chi connectivity index (χ0) is 14.4. The van der Waals surface area contributed by atoms with Crippen LogP contribution >= 0.6 is 11.6 Å². The summed E-state index contributed by atoms with van der Waals surface area (Å²) >= 11 is 5.83. The fourth-order valence-electron chi connectivity index (χ4n) is 1.15. The van der Waals surface area contributed by atoms with Crippen LogP contribution in [-0.2, 0) is 20.9 Å². The smallest absolute Gasteiger partial charge is 0.327 e. The topological polar surface area (TPSA) is 102 Å². The number of anilines is 1. The van der Waals surface area contributed by atoms with E-state index in [0.717, 1.165) is 4.68 Å². The molecule has 0 aliphatic rings. The second-order valence-corrected chi connectivity index (χ2v) is 3.82. The van der Waals surface area contributed by atoms with Crippen molar-refractivity contribution in [3.05, 3.63) is 21.6 Å². The standard InChI is InChI=1S/C10H13ClN4O4/c1-12-7(16)4-13-6-3-14-15(5-8(17)19-2)10(18)9(6)11/h3,13H,4-5H2,1-2H3,(H,12,16). The summed E-state index contributed by atoms with van der Waals surface area (Å²) in [5.41, 5.74) is -0.426. The number of amides is 1. The average Bonchev–Trinajstić information content (AvgIpc) is 2.42. The van der Waals surface area contributed by atoms with E-state index in [-0.39, 0.29) is 29.7 Å². The summed E-state index contributed by atoms with van der Waals surface area (Å²) in [6.45, 7) is -0.372. The number of aromatic nitrogens is 2. The lowest BCUT2D eigenvalue weighted by Gasteiger charge is -2.09. The van der Waals surface area contributed by atoms with Crippen molar-refractivity contribution in [1.82, 2.24) is 15.1 Å². The van der Waals surface area contributed by atoms with Gasteiger partial charge in [-0.2, -0.15) is 5.10 Å². The molecule has 1 rings (SSSR count). The third kappa shape index (κ3) is 3.95. The van der Waals surface area contributed by atoms with Crippen molar-refractivity contribution in [3.63, 3.8) is 0 Å². The molecule has 1 aromatic rings. The Morgan fingerprint density at radius 2 is 2.21 bits per heavy atom. The van der Waals surface area contributed by atoms with Gasteiger partial charge >= 0.3 is 5.97 Å². The van der Waals surface area contributed by atoms with Crippen molar-refractivity contribution in [3.8, 4) is 0 Å². The largest absolute Gasteiger partial charge is 0.468 e. The molecule has 0 aliphatic carbocycles. The third-order valence-corrected chi connectivity index (χ3v) is 2.57. The first kappa shape index (κ1) is 15.0. The van der Waals surface area contributed by atoms with Gasteiger partial charge in [-0.15, -0.1) is 0 Å². The van der Waals surface area contributed by atoms with Crippen LogP contribution in [0.5, 0.6) is 0 Å². The highest BCUT2D eigenvalue weighted by Gasteiger charge is 2.12. The minimum Gasteiger partial charge on any atom is -0.468 e. The summed E-state index contributed by atoms with van der Waals surface area (Å²) in [4.78, 5) is 33.9. The number of hydrogen-bond acceptors (Lipinski definition) is 6. The van der Waals surface area contributed by atoms with Crippen LogP contribution in [0.25, 0.3) is 0 Å². The van der Waals surface area contributed by atoms with Crippen molar-refractivity contribution in [2.24, 2.45) is 0 Å². The Balaban J connectivity index is 2.88. The minimum atomic E-state index is -0.644. The van der Waals surface area contributed by atoms with Crippen LogP contribution in [0.15, 0.2) is 11.0 Å². The number of halogens is 1. The van der Waals surface area contributed by atoms with Gasteiger partial charge in [0.25, 0.3) is 5.56 Å². The quantitative estimate of drug-likeness (QED) is 0.690. The molecular formula is C10H13ClN4O4. The van der Waals surface area contributed by atoms with Gasteiger partial charge in [-0.3, -0.25) is 14.4 Å². The van der Waals surface area contributed by atoms with Crippen molar-refractivity contribution < 1.29 is 14.3 Å². The van der Waals surface area contributed by atoms with E-state index in [9.17, 15) is 14.4 Å². The maximum absolute atomic E-state index is 11.8. The van der Waals surface area contributed by atoms with Crippen molar-refractivity contribution in [2.75, 3.05) is 26.0 Å². The highest BCUT2D eigenvalue weighted by molar-refractivity contribution is 6.33. The maximum Gasteiger partial charge on any atom is 0.327 e. The Morgan fingerprint density at radius 1 is 1.53 bits per heavy atom. The number of ether oxygens (including phenoxy) is 1. The van der Waals surface area contributed by atoms with Crippen molar-refractivity contribution in [2.45, 2.75) is 6.54 Å². The van der Waals surface area contributed by atoms with Gasteiger partial charge in [0, 0.05) is 7.05 Å². The van der Waals surface area contributed by atoms with Gasteiger partial charge in [0.05, 0.1) is 25.5 Å². The van der Waals surface area contributed by atoms with Gasteiger partial charge in [0.15, 0.2) is 0 Å². The summed E-state index contributed by atoms with van der Waals surface area (Å²) in [6, 6.07) is 0. The SMILES string of the molecule is CNC(=O)CNc1cnn(CC(=O)OC)c(=O)c1Cl. The summed E-state index contributed by atoms with van der Waals surface area (Å²) in [7, 11) is 2.69. The molecule has 0 aliphatic heterocycles. The van der Waals surface area contributed by atoms with Gasteiger partial charge < -0.3 is 15.4 Å². The number of carbonyl (C=O) groups excluding carboxylic acids is 2. The van der Waals surface area contributed by atoms with E-state index in [1.54, 1.807) is 0 Å². The molecular weight excluding hydrogens is 276 g/mol. The molecule has 8 nitrogen and oxygen atoms in total. The number of methoxy groups -OCH3 is 1. The maximum atomic E-state index is 11.8. The molecule has 2 N–H and O–H groups in total. The molecule has 1 amide bonds. The first-order valence-corrected chi connectivity index (χ1v) is 5.64. The fourth-order valence-corrected chi connectivity index (χ4v) is 1.36. The predicted molar refractivity (Wildman–Crippen MR) is 68.1 cm³/mol. The van der Waals surface area contributed by atoms with E-state index >= 15 is 0 Å². The molecule has 0 atom stereocenters. The van der Waals surface area contributed by atoms with Gasteiger partial charge in [-0.25, -0.2) is 4.68 Å². The van der Waals surface area contributed by atoms with Gasteiger partial charge in [-0.05, 0) is 0 Å². The Hall–Kier alpha value is -2.09. The number of likely N-dealkylation sites (N-methyl/N-ethyl adjacent to an activating group) is 1. The Kier molecular flexibility index (Phi) is 5.31. The van der Waals surface area contributed by atoms with Gasteiger partial charge in [0.1, 0.15) is 11.6 Å². The summed E-state index contributed by atoms with van der Waals surface area (Å²) in [5, 5.41) is 8.67. The van der Waals surface area contributed by atoms with Crippen LogP contribution < -0.4 is 16.2 Å². The molecule has 0 fully saturated rings. The van der Waals surface area contributed by atoms with Crippen LogP contribution in [-0.4, -0.2) is 42.4 Å². The molecule has 0 radical (unpaired) electrons. The number of nitrogens with zero attached hydrogens (tertiary/aromatic N) is 2. The number of nitrogens with one attached hydrogen (secondary N) is 2. The molecule has 0 saturated heterocycles. The second kappa shape index (κ2) is 6.74. The normalized spacial score (nSPS) is 9.84. The number of carbonyl (C=O) groups is 2. The number of esters is 1. The van der Waals surface area contributed by atoms with Crippen LogP contribution in [0.4, 0.5) is 5.69 Å². The Bertz CT molecular complexity index is 543. The fraction of sp³-hybridized carbons (Fsp3) is 0.400. The Labute approximate surface area is 113 Å². The van der Waals surface area contributed by atoms with E-state index < -0.39 is 11.5 Å². The molecule has 0 saturated carbocycles. The third-order valence-electron chi connectivity index (χ3n) is 2.21. The van der Waals surface area contributed by atoms with Crippen molar-refractivity contribution in [1.29, 1.82) is 0 Å². The summed E-state index contributed by atoms with van der Waals surface area (Å²) in [5.74, 6) is -0.883.